The molecule has 2 rings (SSSR count). The Morgan fingerprint density at radius 1 is 1.42 bits per heavy atom. The van der Waals surface area contributed by atoms with Crippen LogP contribution in [0.3, 0.4) is 0 Å². The third-order valence-electron chi connectivity index (χ3n) is 4.18. The van der Waals surface area contributed by atoms with Crippen molar-refractivity contribution in [1.82, 2.24) is 15.5 Å². The molecule has 1 unspecified atom stereocenters. The standard InChI is InChI=1S/C17H19F2N3O4/c1-10-2-3-11(7-20-17(26)15(18)19)6-12(10)8-22(9-23)13-4-5-14(24)21-16(13)25/h2-3,6,9,13,15H,4-5,7-8H2,1H3,(H,20,26)(H,21,24,25). The van der Waals surface area contributed by atoms with E-state index < -0.39 is 24.3 Å². The van der Waals surface area contributed by atoms with E-state index in [1.807, 2.05) is 6.92 Å². The second-order valence-electron chi connectivity index (χ2n) is 6.02. The Balaban J connectivity index is 2.10. The monoisotopic (exact) mass is 367 g/mol. The van der Waals surface area contributed by atoms with Crippen LogP contribution in [0.15, 0.2) is 18.2 Å². The molecular weight excluding hydrogens is 348 g/mol. The summed E-state index contributed by atoms with van der Waals surface area (Å²) in [5.74, 6) is -2.25. The maximum Gasteiger partial charge on any atom is 0.315 e. The van der Waals surface area contributed by atoms with Crippen molar-refractivity contribution < 1.29 is 28.0 Å². The molecular formula is C17H19F2N3O4. The summed E-state index contributed by atoms with van der Waals surface area (Å²) in [4.78, 5) is 46.9. The Morgan fingerprint density at radius 3 is 2.77 bits per heavy atom. The van der Waals surface area contributed by atoms with Gasteiger partial charge < -0.3 is 10.2 Å². The van der Waals surface area contributed by atoms with E-state index >= 15 is 0 Å². The molecule has 0 spiro atoms. The van der Waals surface area contributed by atoms with Crippen molar-refractivity contribution in [2.24, 2.45) is 0 Å². The maximum absolute atomic E-state index is 12.2. The van der Waals surface area contributed by atoms with Crippen LogP contribution in [0.2, 0.25) is 0 Å². The average Bonchev–Trinajstić information content (AvgIpc) is 2.60. The number of imide groups is 1. The lowest BCUT2D eigenvalue weighted by atomic mass is 10.0. The number of piperidine rings is 1. The minimum absolute atomic E-state index is 0.0735. The van der Waals surface area contributed by atoms with Crippen LogP contribution in [0.5, 0.6) is 0 Å². The smallest absolute Gasteiger partial charge is 0.315 e. The molecule has 26 heavy (non-hydrogen) atoms. The van der Waals surface area contributed by atoms with Gasteiger partial charge in [0.25, 0.3) is 5.91 Å². The highest BCUT2D eigenvalue weighted by atomic mass is 19.3. The van der Waals surface area contributed by atoms with Gasteiger partial charge >= 0.3 is 6.43 Å². The Kier molecular flexibility index (Phi) is 6.37. The van der Waals surface area contributed by atoms with Gasteiger partial charge in [0, 0.05) is 19.5 Å². The Hall–Kier alpha value is -2.84. The molecule has 1 aromatic carbocycles. The van der Waals surface area contributed by atoms with Gasteiger partial charge in [0.15, 0.2) is 0 Å². The SMILES string of the molecule is Cc1ccc(CNC(=O)C(F)F)cc1CN(C=O)C1CCC(=O)NC1=O. The summed E-state index contributed by atoms with van der Waals surface area (Å²) in [6.45, 7) is 1.86. The lowest BCUT2D eigenvalue weighted by Gasteiger charge is -2.30. The molecule has 9 heteroatoms. The van der Waals surface area contributed by atoms with E-state index in [2.05, 4.69) is 10.6 Å². The fourth-order valence-corrected chi connectivity index (χ4v) is 2.69. The van der Waals surface area contributed by atoms with Gasteiger partial charge in [-0.2, -0.15) is 8.78 Å². The van der Waals surface area contributed by atoms with Crippen LogP contribution >= 0.6 is 0 Å². The van der Waals surface area contributed by atoms with E-state index in [4.69, 9.17) is 0 Å². The number of nitrogens with zero attached hydrogens (tertiary/aromatic N) is 1. The van der Waals surface area contributed by atoms with Crippen LogP contribution in [0, 0.1) is 6.92 Å². The van der Waals surface area contributed by atoms with Crippen molar-refractivity contribution in [3.05, 3.63) is 34.9 Å². The van der Waals surface area contributed by atoms with Gasteiger partial charge in [-0.3, -0.25) is 24.5 Å². The molecule has 7 nitrogen and oxygen atoms in total. The number of carbonyl (C=O) groups is 4. The van der Waals surface area contributed by atoms with Gasteiger partial charge in [-0.15, -0.1) is 0 Å². The highest BCUT2D eigenvalue weighted by Crippen LogP contribution is 2.18. The van der Waals surface area contributed by atoms with E-state index in [1.54, 1.807) is 18.2 Å². The number of halogens is 2. The average molecular weight is 367 g/mol. The summed E-state index contributed by atoms with van der Waals surface area (Å²) in [6.07, 6.45) is -2.14. The minimum Gasteiger partial charge on any atom is -0.347 e. The number of alkyl halides is 2. The van der Waals surface area contributed by atoms with E-state index in [-0.39, 0.29) is 31.8 Å². The molecule has 4 amide bonds. The number of rotatable bonds is 7. The lowest BCUT2D eigenvalue weighted by Crippen LogP contribution is -2.51. The van der Waals surface area contributed by atoms with Crippen LogP contribution in [-0.2, 0) is 32.3 Å². The van der Waals surface area contributed by atoms with Gasteiger partial charge in [-0.05, 0) is 30.0 Å². The molecule has 1 aliphatic rings. The zero-order valence-corrected chi connectivity index (χ0v) is 14.1. The topological polar surface area (TPSA) is 95.6 Å². The molecule has 1 aromatic rings. The first kappa shape index (κ1) is 19.5. The number of nitrogens with one attached hydrogen (secondary N) is 2. The predicted molar refractivity (Wildman–Crippen MR) is 86.8 cm³/mol. The van der Waals surface area contributed by atoms with E-state index in [0.29, 0.717) is 17.5 Å². The molecule has 2 N–H and O–H groups in total. The summed E-state index contributed by atoms with van der Waals surface area (Å²) in [5, 5.41) is 4.32. The summed E-state index contributed by atoms with van der Waals surface area (Å²) in [6, 6.07) is 4.37. The van der Waals surface area contributed by atoms with Crippen LogP contribution in [0.1, 0.15) is 29.5 Å². The van der Waals surface area contributed by atoms with E-state index in [0.717, 1.165) is 5.56 Å². The normalized spacial score (nSPS) is 17.0. The largest absolute Gasteiger partial charge is 0.347 e. The van der Waals surface area contributed by atoms with Crippen LogP contribution < -0.4 is 10.6 Å². The fraction of sp³-hybridized carbons (Fsp3) is 0.412. The molecule has 0 bridgehead atoms. The van der Waals surface area contributed by atoms with E-state index in [1.165, 1.54) is 4.90 Å². The predicted octanol–water partition coefficient (Wildman–Crippen LogP) is 0.640. The first-order chi connectivity index (χ1) is 12.3. The zero-order chi connectivity index (χ0) is 19.3. The van der Waals surface area contributed by atoms with Crippen molar-refractivity contribution in [2.45, 2.75) is 45.3 Å². The number of amides is 4. The summed E-state index contributed by atoms with van der Waals surface area (Å²) < 4.78 is 24.5. The number of hydrogen-bond acceptors (Lipinski definition) is 4. The molecule has 1 saturated heterocycles. The highest BCUT2D eigenvalue weighted by Gasteiger charge is 2.31. The molecule has 1 aliphatic heterocycles. The van der Waals surface area contributed by atoms with Gasteiger partial charge in [0.05, 0.1) is 0 Å². The second kappa shape index (κ2) is 8.50. The van der Waals surface area contributed by atoms with Crippen LogP contribution in [0.4, 0.5) is 8.78 Å². The Bertz CT molecular complexity index is 724. The van der Waals surface area contributed by atoms with Crippen molar-refractivity contribution in [2.75, 3.05) is 0 Å². The first-order valence-electron chi connectivity index (χ1n) is 8.00. The van der Waals surface area contributed by atoms with Crippen molar-refractivity contribution in [3.63, 3.8) is 0 Å². The Labute approximate surface area is 148 Å². The third-order valence-corrected chi connectivity index (χ3v) is 4.18. The highest BCUT2D eigenvalue weighted by molar-refractivity contribution is 6.00. The Morgan fingerprint density at radius 2 is 2.15 bits per heavy atom. The summed E-state index contributed by atoms with van der Waals surface area (Å²) in [7, 11) is 0. The number of aryl methyl sites for hydroxylation is 1. The van der Waals surface area contributed by atoms with Crippen molar-refractivity contribution >= 4 is 24.1 Å². The van der Waals surface area contributed by atoms with Gasteiger partial charge in [-0.1, -0.05) is 18.2 Å². The number of carbonyl (C=O) groups excluding carboxylic acids is 4. The second-order valence-corrected chi connectivity index (χ2v) is 6.02. The molecule has 140 valence electrons. The zero-order valence-electron chi connectivity index (χ0n) is 14.1. The van der Waals surface area contributed by atoms with E-state index in [9.17, 15) is 28.0 Å². The molecule has 0 aliphatic carbocycles. The molecule has 1 fully saturated rings. The molecule has 0 saturated carbocycles. The van der Waals surface area contributed by atoms with Gasteiger partial charge in [-0.25, -0.2) is 0 Å². The van der Waals surface area contributed by atoms with Crippen LogP contribution in [0.25, 0.3) is 0 Å². The lowest BCUT2D eigenvalue weighted by molar-refractivity contribution is -0.141. The van der Waals surface area contributed by atoms with Crippen molar-refractivity contribution in [3.8, 4) is 0 Å². The third kappa shape index (κ3) is 4.84. The van der Waals surface area contributed by atoms with Crippen molar-refractivity contribution in [1.29, 1.82) is 0 Å². The summed E-state index contributed by atoms with van der Waals surface area (Å²) in [5.41, 5.74) is 2.15. The maximum atomic E-state index is 12.2. The minimum atomic E-state index is -3.09. The number of hydrogen-bond donors (Lipinski definition) is 2. The molecule has 0 aromatic heterocycles. The molecule has 0 radical (unpaired) electrons. The van der Waals surface area contributed by atoms with Gasteiger partial charge in [0.2, 0.25) is 18.2 Å². The summed E-state index contributed by atoms with van der Waals surface area (Å²) >= 11 is 0. The van der Waals surface area contributed by atoms with Gasteiger partial charge in [0.1, 0.15) is 6.04 Å². The molecule has 1 atom stereocenters. The fourth-order valence-electron chi connectivity index (χ4n) is 2.69. The first-order valence-corrected chi connectivity index (χ1v) is 8.00. The molecule has 1 heterocycles. The quantitative estimate of drug-likeness (QED) is 0.546. The van der Waals surface area contributed by atoms with Crippen LogP contribution in [-0.4, -0.2) is 41.5 Å². The number of benzene rings is 1.